The van der Waals surface area contributed by atoms with Crippen LogP contribution < -0.4 is 16.0 Å². The molecule has 0 spiro atoms. The molecular weight excluding hydrogens is 576 g/mol. The third-order valence-corrected chi connectivity index (χ3v) is 7.40. The Morgan fingerprint density at radius 2 is 1.77 bits per heavy atom. The second-order valence-corrected chi connectivity index (χ2v) is 12.0. The first kappa shape index (κ1) is 33.7. The number of halogens is 1. The van der Waals surface area contributed by atoms with Gasteiger partial charge >= 0.3 is 12.2 Å². The molecule has 2 atom stereocenters. The summed E-state index contributed by atoms with van der Waals surface area (Å²) in [7, 11) is 0. The molecular formula is C31H41ClN4O7. The number of benzene rings is 2. The fraction of sp³-hybridized carbons (Fsp3) is 0.484. The monoisotopic (exact) mass is 616 g/mol. The molecule has 0 radical (unpaired) electrons. The van der Waals surface area contributed by atoms with E-state index in [2.05, 4.69) is 16.0 Å². The van der Waals surface area contributed by atoms with Crippen LogP contribution in [0.3, 0.4) is 0 Å². The lowest BCUT2D eigenvalue weighted by Crippen LogP contribution is -2.59. The van der Waals surface area contributed by atoms with Crippen molar-refractivity contribution in [3.05, 3.63) is 64.7 Å². The third kappa shape index (κ3) is 9.86. The average molecular weight is 617 g/mol. The van der Waals surface area contributed by atoms with Gasteiger partial charge in [0.1, 0.15) is 23.7 Å². The quantitative estimate of drug-likeness (QED) is 0.312. The maximum absolute atomic E-state index is 13.7. The zero-order chi connectivity index (χ0) is 31.6. The summed E-state index contributed by atoms with van der Waals surface area (Å²) in [5.41, 5.74) is 0.252. The van der Waals surface area contributed by atoms with Crippen molar-refractivity contribution in [3.8, 4) is 0 Å². The van der Waals surface area contributed by atoms with Crippen LogP contribution in [0.4, 0.5) is 15.3 Å². The van der Waals surface area contributed by atoms with Gasteiger partial charge in [-0.25, -0.2) is 9.59 Å². The van der Waals surface area contributed by atoms with Gasteiger partial charge in [-0.1, -0.05) is 48.9 Å². The summed E-state index contributed by atoms with van der Waals surface area (Å²) >= 11 is 6.27. The zero-order valence-corrected chi connectivity index (χ0v) is 25.8. The lowest BCUT2D eigenvalue weighted by molar-refractivity contribution is -0.145. The number of carbonyl (C=O) groups is 4. The lowest BCUT2D eigenvalue weighted by atomic mass is 9.79. The Hall–Kier alpha value is -3.83. The fourth-order valence-electron chi connectivity index (χ4n) is 4.73. The molecule has 1 unspecified atom stereocenters. The van der Waals surface area contributed by atoms with Gasteiger partial charge < -0.3 is 30.1 Å². The fourth-order valence-corrected chi connectivity index (χ4v) is 4.93. The first-order valence-corrected chi connectivity index (χ1v) is 14.7. The first-order valence-electron chi connectivity index (χ1n) is 14.3. The summed E-state index contributed by atoms with van der Waals surface area (Å²) in [6, 6.07) is 13.1. The van der Waals surface area contributed by atoms with E-state index in [0.29, 0.717) is 29.1 Å². The predicted octanol–water partition coefficient (Wildman–Crippen LogP) is 4.26. The molecule has 0 aromatic heterocycles. The van der Waals surface area contributed by atoms with E-state index in [1.54, 1.807) is 57.2 Å². The van der Waals surface area contributed by atoms with E-state index in [4.69, 9.17) is 21.1 Å². The minimum atomic E-state index is -1.30. The van der Waals surface area contributed by atoms with Crippen LogP contribution in [0.15, 0.2) is 48.5 Å². The SMILES string of the molecule is CCc1ccc(NC(=O)OCC2(C(=O)NCc3ccccc3Cl)CCCN(C(=O)[C@H](CO)NC(=O)OC(C)(C)C)C2)cc1. The van der Waals surface area contributed by atoms with Gasteiger partial charge in [0.05, 0.1) is 6.61 Å². The topological polar surface area (TPSA) is 146 Å². The smallest absolute Gasteiger partial charge is 0.411 e. The third-order valence-electron chi connectivity index (χ3n) is 7.03. The Labute approximate surface area is 257 Å². The number of hydrogen-bond donors (Lipinski definition) is 4. The maximum Gasteiger partial charge on any atom is 0.411 e. The van der Waals surface area contributed by atoms with Gasteiger partial charge in [-0.2, -0.15) is 0 Å². The average Bonchev–Trinajstić information content (AvgIpc) is 2.97. The van der Waals surface area contributed by atoms with Gasteiger partial charge in [0, 0.05) is 30.3 Å². The van der Waals surface area contributed by atoms with E-state index < -0.39 is 47.7 Å². The van der Waals surface area contributed by atoms with Crippen molar-refractivity contribution in [2.45, 2.75) is 65.1 Å². The van der Waals surface area contributed by atoms with Crippen LogP contribution in [-0.4, -0.2) is 72.0 Å². The minimum Gasteiger partial charge on any atom is -0.448 e. The summed E-state index contributed by atoms with van der Waals surface area (Å²) in [6.45, 7) is 6.39. The number of anilines is 1. The van der Waals surface area contributed by atoms with Crippen molar-refractivity contribution in [2.75, 3.05) is 31.6 Å². The number of likely N-dealkylation sites (tertiary alicyclic amines) is 1. The number of ether oxygens (including phenoxy) is 2. The van der Waals surface area contributed by atoms with Crippen LogP contribution in [0.2, 0.25) is 5.02 Å². The van der Waals surface area contributed by atoms with E-state index in [0.717, 1.165) is 12.0 Å². The van der Waals surface area contributed by atoms with Crippen molar-refractivity contribution in [1.29, 1.82) is 0 Å². The highest BCUT2D eigenvalue weighted by Gasteiger charge is 2.46. The van der Waals surface area contributed by atoms with Crippen LogP contribution in [0.1, 0.15) is 51.7 Å². The van der Waals surface area contributed by atoms with E-state index in [1.165, 1.54) is 4.90 Å². The highest BCUT2D eigenvalue weighted by Crippen LogP contribution is 2.32. The van der Waals surface area contributed by atoms with Gasteiger partial charge in [0.15, 0.2) is 0 Å². The number of carbonyl (C=O) groups excluding carboxylic acids is 4. The van der Waals surface area contributed by atoms with Gasteiger partial charge in [0.2, 0.25) is 11.8 Å². The molecule has 234 valence electrons. The van der Waals surface area contributed by atoms with Crippen molar-refractivity contribution in [2.24, 2.45) is 5.41 Å². The predicted molar refractivity (Wildman–Crippen MR) is 163 cm³/mol. The van der Waals surface area contributed by atoms with Gasteiger partial charge in [-0.3, -0.25) is 14.9 Å². The molecule has 4 N–H and O–H groups in total. The number of amides is 4. The molecule has 43 heavy (non-hydrogen) atoms. The molecule has 1 fully saturated rings. The van der Waals surface area contributed by atoms with Crippen LogP contribution in [-0.2, 0) is 32.0 Å². The van der Waals surface area contributed by atoms with Crippen molar-refractivity contribution in [3.63, 3.8) is 0 Å². The summed E-state index contributed by atoms with van der Waals surface area (Å²) < 4.78 is 10.8. The van der Waals surface area contributed by atoms with Gasteiger partial charge in [-0.05, 0) is 69.4 Å². The summed E-state index contributed by atoms with van der Waals surface area (Å²) in [5.74, 6) is -1.01. The molecule has 1 heterocycles. The number of nitrogens with one attached hydrogen (secondary N) is 3. The van der Waals surface area contributed by atoms with E-state index in [-0.39, 0.29) is 26.2 Å². The number of aliphatic hydroxyl groups is 1. The Balaban J connectivity index is 1.76. The molecule has 1 saturated heterocycles. The Morgan fingerprint density at radius 3 is 2.40 bits per heavy atom. The normalized spacial score (nSPS) is 17.4. The van der Waals surface area contributed by atoms with Crippen LogP contribution >= 0.6 is 11.6 Å². The highest BCUT2D eigenvalue weighted by atomic mass is 35.5. The summed E-state index contributed by atoms with van der Waals surface area (Å²) in [4.78, 5) is 53.6. The number of nitrogens with zero attached hydrogens (tertiary/aromatic N) is 1. The molecule has 1 aliphatic heterocycles. The molecule has 0 saturated carbocycles. The number of aryl methyl sites for hydroxylation is 1. The highest BCUT2D eigenvalue weighted by molar-refractivity contribution is 6.31. The van der Waals surface area contributed by atoms with E-state index in [9.17, 15) is 24.3 Å². The number of hydrogen-bond acceptors (Lipinski definition) is 7. The minimum absolute atomic E-state index is 0.106. The van der Waals surface area contributed by atoms with E-state index >= 15 is 0 Å². The molecule has 0 aliphatic carbocycles. The van der Waals surface area contributed by atoms with E-state index in [1.807, 2.05) is 19.1 Å². The molecule has 11 nitrogen and oxygen atoms in total. The van der Waals surface area contributed by atoms with Crippen molar-refractivity contribution in [1.82, 2.24) is 15.5 Å². The zero-order valence-electron chi connectivity index (χ0n) is 25.1. The molecule has 12 heteroatoms. The van der Waals surface area contributed by atoms with Crippen molar-refractivity contribution >= 4 is 41.3 Å². The molecule has 2 aromatic rings. The molecule has 3 rings (SSSR count). The number of alkyl carbamates (subject to hydrolysis) is 1. The van der Waals surface area contributed by atoms with Gasteiger partial charge in [0.25, 0.3) is 0 Å². The molecule has 2 aromatic carbocycles. The number of aliphatic hydroxyl groups excluding tert-OH is 1. The van der Waals surface area contributed by atoms with Crippen LogP contribution in [0.5, 0.6) is 0 Å². The second kappa shape index (κ2) is 15.1. The van der Waals surface area contributed by atoms with Crippen molar-refractivity contribution < 1.29 is 33.8 Å². The first-order chi connectivity index (χ1) is 20.4. The molecule has 0 bridgehead atoms. The largest absolute Gasteiger partial charge is 0.448 e. The van der Waals surface area contributed by atoms with Crippen LogP contribution in [0.25, 0.3) is 0 Å². The molecule has 1 aliphatic rings. The number of rotatable bonds is 10. The Kier molecular flexibility index (Phi) is 11.8. The maximum atomic E-state index is 13.7. The summed E-state index contributed by atoms with van der Waals surface area (Å²) in [5, 5.41) is 18.4. The van der Waals surface area contributed by atoms with Gasteiger partial charge in [-0.15, -0.1) is 0 Å². The Bertz CT molecular complexity index is 1280. The molecule has 4 amide bonds. The Morgan fingerprint density at radius 1 is 1.07 bits per heavy atom. The second-order valence-electron chi connectivity index (χ2n) is 11.6. The van der Waals surface area contributed by atoms with Crippen LogP contribution in [0, 0.1) is 5.41 Å². The summed E-state index contributed by atoms with van der Waals surface area (Å²) in [6.07, 6.45) is 0.000931. The standard InChI is InChI=1S/C31H41ClN4O7/c1-5-21-11-13-23(14-12-21)34-28(40)42-20-31(27(39)33-17-22-9-6-7-10-24(22)32)15-8-16-36(19-31)26(38)25(18-37)35-29(41)43-30(2,3)4/h6-7,9-14,25,37H,5,8,15-20H2,1-4H3,(H,33,39)(H,34,40)(H,35,41)/t25-,31?/m0/s1. The lowest BCUT2D eigenvalue weighted by Gasteiger charge is -2.42. The number of piperidine rings is 1.